The summed E-state index contributed by atoms with van der Waals surface area (Å²) in [5, 5.41) is 2.80. The van der Waals surface area contributed by atoms with Gasteiger partial charge >= 0.3 is 6.03 Å². The molecule has 0 bridgehead atoms. The second-order valence-electron chi connectivity index (χ2n) is 9.19. The predicted octanol–water partition coefficient (Wildman–Crippen LogP) is 3.28. The lowest BCUT2D eigenvalue weighted by Gasteiger charge is -2.50. The van der Waals surface area contributed by atoms with E-state index >= 15 is 0 Å². The van der Waals surface area contributed by atoms with Gasteiger partial charge in [0, 0.05) is 56.2 Å². The van der Waals surface area contributed by atoms with Crippen molar-refractivity contribution in [1.82, 2.24) is 10.2 Å². The molecule has 7 nitrogen and oxygen atoms in total. The highest BCUT2D eigenvalue weighted by molar-refractivity contribution is 7.89. The number of anilines is 1. The molecule has 1 N–H and O–H groups in total. The molecule has 2 heterocycles. The van der Waals surface area contributed by atoms with Crippen LogP contribution in [-0.2, 0) is 22.1 Å². The van der Waals surface area contributed by atoms with Crippen molar-refractivity contribution in [2.45, 2.75) is 37.1 Å². The summed E-state index contributed by atoms with van der Waals surface area (Å²) in [6, 6.07) is 8.13. The minimum atomic E-state index is -3.39. The van der Waals surface area contributed by atoms with Gasteiger partial charge < -0.3 is 15.1 Å². The van der Waals surface area contributed by atoms with E-state index in [0.29, 0.717) is 42.7 Å². The first-order chi connectivity index (χ1) is 16.0. The first-order valence-electron chi connectivity index (χ1n) is 11.0. The fourth-order valence-corrected chi connectivity index (χ4v) is 5.64. The minimum absolute atomic E-state index is 0.0688. The van der Waals surface area contributed by atoms with Crippen LogP contribution in [0.3, 0.4) is 0 Å². The summed E-state index contributed by atoms with van der Waals surface area (Å²) >= 11 is 0. The number of nitrogens with one attached hydrogen (secondary N) is 1. The highest BCUT2D eigenvalue weighted by Crippen LogP contribution is 2.41. The first kappa shape index (κ1) is 24.1. The van der Waals surface area contributed by atoms with Crippen LogP contribution in [-0.4, -0.2) is 57.1 Å². The number of hydrogen-bond acceptors (Lipinski definition) is 5. The Bertz CT molecular complexity index is 1240. The van der Waals surface area contributed by atoms with Gasteiger partial charge in [-0.1, -0.05) is 12.1 Å². The minimum Gasteiger partial charge on any atom is -0.368 e. The Morgan fingerprint density at radius 1 is 1.12 bits per heavy atom. The Balaban J connectivity index is 1.38. The van der Waals surface area contributed by atoms with Crippen LogP contribution in [0.5, 0.6) is 0 Å². The fraction of sp³-hybridized carbons (Fsp3) is 0.417. The largest absolute Gasteiger partial charge is 0.368 e. The second-order valence-corrected chi connectivity index (χ2v) is 11.3. The van der Waals surface area contributed by atoms with E-state index in [1.807, 2.05) is 11.9 Å². The van der Waals surface area contributed by atoms with Crippen LogP contribution in [0, 0.1) is 11.6 Å². The Labute approximate surface area is 197 Å². The number of amides is 2. The van der Waals surface area contributed by atoms with E-state index < -0.39 is 32.8 Å². The molecule has 0 atom stereocenters. The zero-order valence-electron chi connectivity index (χ0n) is 19.1. The number of nitrogens with zero attached hydrogens (tertiary/aromatic N) is 2. The standard InChI is InChI=1S/C24H27F2N3O4S/c1-28-21-6-4-18(25)12-19(21)22(30)13-24(28)7-9-29(10-8-24)23(31)27-14-16-3-5-20(26)17(11-16)15-34(2,32)33/h3-6,11-12H,7-10,13-15H2,1-2H3,(H,27,31). The molecule has 10 heteroatoms. The lowest BCUT2D eigenvalue weighted by molar-refractivity contribution is 0.0890. The second kappa shape index (κ2) is 8.98. The molecular weight excluding hydrogens is 464 g/mol. The molecule has 4 rings (SSSR count). The van der Waals surface area contributed by atoms with Crippen molar-refractivity contribution in [3.05, 3.63) is 64.7 Å². The predicted molar refractivity (Wildman–Crippen MR) is 124 cm³/mol. The van der Waals surface area contributed by atoms with E-state index in [1.54, 1.807) is 11.0 Å². The summed E-state index contributed by atoms with van der Waals surface area (Å²) in [7, 11) is -1.49. The number of ketones is 1. The molecule has 1 spiro atoms. The third kappa shape index (κ3) is 4.91. The quantitative estimate of drug-likeness (QED) is 0.710. The van der Waals surface area contributed by atoms with E-state index in [-0.39, 0.29) is 30.3 Å². The summed E-state index contributed by atoms with van der Waals surface area (Å²) in [6.45, 7) is 1.03. The maximum absolute atomic E-state index is 13.9. The molecule has 34 heavy (non-hydrogen) atoms. The maximum Gasteiger partial charge on any atom is 0.317 e. The number of rotatable bonds is 4. The smallest absolute Gasteiger partial charge is 0.317 e. The third-order valence-electron chi connectivity index (χ3n) is 6.77. The number of Topliss-reactive ketones (excluding diaryl/α,β-unsaturated/α-hetero) is 1. The van der Waals surface area contributed by atoms with Crippen molar-refractivity contribution in [2.75, 3.05) is 31.3 Å². The highest BCUT2D eigenvalue weighted by Gasteiger charge is 2.45. The van der Waals surface area contributed by atoms with E-state index in [4.69, 9.17) is 0 Å². The molecule has 2 aliphatic heterocycles. The molecule has 0 aromatic heterocycles. The molecule has 2 aromatic rings. The Hall–Kier alpha value is -3.01. The summed E-state index contributed by atoms with van der Waals surface area (Å²) in [4.78, 5) is 29.2. The van der Waals surface area contributed by atoms with E-state index in [0.717, 1.165) is 6.26 Å². The maximum atomic E-state index is 13.9. The van der Waals surface area contributed by atoms with Crippen LogP contribution < -0.4 is 10.2 Å². The van der Waals surface area contributed by atoms with Gasteiger partial charge in [-0.05, 0) is 42.7 Å². The number of fused-ring (bicyclic) bond motifs is 1. The van der Waals surface area contributed by atoms with Crippen molar-refractivity contribution in [1.29, 1.82) is 0 Å². The van der Waals surface area contributed by atoms with Gasteiger partial charge in [0.1, 0.15) is 11.6 Å². The number of halogens is 2. The summed E-state index contributed by atoms with van der Waals surface area (Å²) < 4.78 is 50.6. The van der Waals surface area contributed by atoms with Gasteiger partial charge in [0.2, 0.25) is 0 Å². The summed E-state index contributed by atoms with van der Waals surface area (Å²) in [6.07, 6.45) is 2.50. The van der Waals surface area contributed by atoms with Crippen LogP contribution in [0.1, 0.15) is 40.7 Å². The molecule has 2 aromatic carbocycles. The Morgan fingerprint density at radius 2 is 1.82 bits per heavy atom. The third-order valence-corrected chi connectivity index (χ3v) is 7.61. The average Bonchev–Trinajstić information content (AvgIpc) is 2.77. The van der Waals surface area contributed by atoms with Gasteiger partial charge in [0.25, 0.3) is 0 Å². The average molecular weight is 492 g/mol. The van der Waals surface area contributed by atoms with Gasteiger partial charge in [-0.2, -0.15) is 0 Å². The number of sulfone groups is 1. The molecule has 2 aliphatic rings. The highest BCUT2D eigenvalue weighted by atomic mass is 32.2. The van der Waals surface area contributed by atoms with Crippen molar-refractivity contribution in [3.63, 3.8) is 0 Å². The summed E-state index contributed by atoms with van der Waals surface area (Å²) in [5.74, 6) is -1.53. The zero-order chi connectivity index (χ0) is 24.7. The number of carbonyl (C=O) groups excluding carboxylic acids is 2. The monoisotopic (exact) mass is 491 g/mol. The van der Waals surface area contributed by atoms with Crippen molar-refractivity contribution < 1.29 is 26.8 Å². The normalized spacial score (nSPS) is 17.6. The van der Waals surface area contributed by atoms with E-state index in [2.05, 4.69) is 5.32 Å². The number of urea groups is 1. The molecule has 0 saturated carbocycles. The SMILES string of the molecule is CN1c2ccc(F)cc2C(=O)CC12CCN(C(=O)NCc1ccc(F)c(CS(C)(=O)=O)c1)CC2. The molecule has 0 radical (unpaired) electrons. The number of likely N-dealkylation sites (tertiary alicyclic amines) is 1. The Morgan fingerprint density at radius 3 is 2.50 bits per heavy atom. The van der Waals surface area contributed by atoms with Crippen molar-refractivity contribution >= 4 is 27.3 Å². The Kier molecular flexibility index (Phi) is 6.37. The van der Waals surface area contributed by atoms with Gasteiger partial charge in [-0.25, -0.2) is 22.0 Å². The molecule has 182 valence electrons. The molecule has 1 fully saturated rings. The van der Waals surface area contributed by atoms with Crippen LogP contribution in [0.4, 0.5) is 19.3 Å². The van der Waals surface area contributed by atoms with Crippen LogP contribution in [0.2, 0.25) is 0 Å². The molecule has 2 amide bonds. The van der Waals surface area contributed by atoms with E-state index in [9.17, 15) is 26.8 Å². The van der Waals surface area contributed by atoms with Crippen molar-refractivity contribution in [3.8, 4) is 0 Å². The lowest BCUT2D eigenvalue weighted by Crippen LogP contribution is -2.59. The molecule has 1 saturated heterocycles. The topological polar surface area (TPSA) is 86.8 Å². The van der Waals surface area contributed by atoms with Gasteiger partial charge in [-0.3, -0.25) is 4.79 Å². The zero-order valence-corrected chi connectivity index (χ0v) is 19.9. The molecule has 0 aliphatic carbocycles. The lowest BCUT2D eigenvalue weighted by atomic mass is 9.77. The van der Waals surface area contributed by atoms with Gasteiger partial charge in [-0.15, -0.1) is 0 Å². The van der Waals surface area contributed by atoms with Crippen molar-refractivity contribution in [2.24, 2.45) is 0 Å². The summed E-state index contributed by atoms with van der Waals surface area (Å²) in [5.41, 5.74) is 1.35. The van der Waals surface area contributed by atoms with Crippen LogP contribution in [0.15, 0.2) is 36.4 Å². The number of piperidine rings is 1. The number of hydrogen-bond donors (Lipinski definition) is 1. The molecular formula is C24H27F2N3O4S. The van der Waals surface area contributed by atoms with Crippen LogP contribution >= 0.6 is 0 Å². The van der Waals surface area contributed by atoms with E-state index in [1.165, 1.54) is 30.3 Å². The van der Waals surface area contributed by atoms with Crippen LogP contribution in [0.25, 0.3) is 0 Å². The molecule has 0 unspecified atom stereocenters. The number of carbonyl (C=O) groups is 2. The number of benzene rings is 2. The van der Waals surface area contributed by atoms with Gasteiger partial charge in [0.15, 0.2) is 15.6 Å². The fourth-order valence-electron chi connectivity index (χ4n) is 4.85. The first-order valence-corrected chi connectivity index (χ1v) is 13.1. The van der Waals surface area contributed by atoms with Gasteiger partial charge in [0.05, 0.1) is 11.3 Å².